The highest BCUT2D eigenvalue weighted by atomic mass is 35.5. The van der Waals surface area contributed by atoms with E-state index in [1.54, 1.807) is 0 Å². The second-order valence-electron chi connectivity index (χ2n) is 7.15. The van der Waals surface area contributed by atoms with Crippen LogP contribution in [0.2, 0.25) is 5.02 Å². The molecule has 0 radical (unpaired) electrons. The van der Waals surface area contributed by atoms with Gasteiger partial charge in [0.25, 0.3) is 15.9 Å². The summed E-state index contributed by atoms with van der Waals surface area (Å²) >= 11 is 6.09. The van der Waals surface area contributed by atoms with Crippen LogP contribution in [-0.2, 0) is 27.4 Å². The smallest absolute Gasteiger partial charge is 0.416 e. The van der Waals surface area contributed by atoms with Gasteiger partial charge in [0, 0.05) is 12.2 Å². The van der Waals surface area contributed by atoms with Crippen molar-refractivity contribution in [3.05, 3.63) is 88.9 Å². The normalized spacial score (nSPS) is 11.6. The summed E-state index contributed by atoms with van der Waals surface area (Å²) in [6.45, 7) is 0.0847. The maximum absolute atomic E-state index is 12.9. The Kier molecular flexibility index (Phi) is 8.06. The molecule has 6 nitrogen and oxygen atoms in total. The second-order valence-corrected chi connectivity index (χ2v) is 9.24. The number of sulfonamides is 1. The summed E-state index contributed by atoms with van der Waals surface area (Å²) in [5.41, 5.74) is -0.169. The van der Waals surface area contributed by atoms with Crippen LogP contribution in [0.15, 0.2) is 77.7 Å². The van der Waals surface area contributed by atoms with Crippen molar-refractivity contribution >= 4 is 33.2 Å². The highest BCUT2D eigenvalue weighted by molar-refractivity contribution is 7.92. The van der Waals surface area contributed by atoms with Gasteiger partial charge in [-0.15, -0.1) is 0 Å². The first kappa shape index (κ1) is 25.4. The summed E-state index contributed by atoms with van der Waals surface area (Å²) in [7, 11) is -4.22. The lowest BCUT2D eigenvalue weighted by atomic mass is 10.1. The Hall–Kier alpha value is -3.24. The molecular weight excluding hydrogens is 493 g/mol. The van der Waals surface area contributed by atoms with Crippen LogP contribution in [0, 0.1) is 0 Å². The van der Waals surface area contributed by atoms with Gasteiger partial charge in [0.2, 0.25) is 0 Å². The molecule has 0 fully saturated rings. The minimum atomic E-state index is -4.61. The maximum Gasteiger partial charge on any atom is 0.416 e. The monoisotopic (exact) mass is 512 g/mol. The summed E-state index contributed by atoms with van der Waals surface area (Å²) in [4.78, 5) is 11.7. The van der Waals surface area contributed by atoms with Gasteiger partial charge in [-0.25, -0.2) is 8.42 Å². The topological polar surface area (TPSA) is 84.5 Å². The summed E-state index contributed by atoms with van der Waals surface area (Å²) in [6.07, 6.45) is -3.96. The second kappa shape index (κ2) is 10.8. The largest absolute Gasteiger partial charge is 0.482 e. The number of carbonyl (C=O) groups excluding carboxylic acids is 1. The number of anilines is 1. The van der Waals surface area contributed by atoms with E-state index in [1.807, 2.05) is 30.3 Å². The molecule has 2 N–H and O–H groups in total. The van der Waals surface area contributed by atoms with Crippen LogP contribution in [0.3, 0.4) is 0 Å². The number of rotatable bonds is 9. The molecule has 3 aromatic rings. The molecule has 0 aromatic heterocycles. The molecule has 0 heterocycles. The van der Waals surface area contributed by atoms with Gasteiger partial charge in [-0.1, -0.05) is 48.0 Å². The van der Waals surface area contributed by atoms with E-state index in [4.69, 9.17) is 16.3 Å². The van der Waals surface area contributed by atoms with Gasteiger partial charge in [-0.3, -0.25) is 9.52 Å². The molecule has 3 aromatic carbocycles. The van der Waals surface area contributed by atoms with Gasteiger partial charge in [0.05, 0.1) is 15.5 Å². The molecule has 0 bridgehead atoms. The highest BCUT2D eigenvalue weighted by Crippen LogP contribution is 2.32. The zero-order valence-corrected chi connectivity index (χ0v) is 19.2. The molecule has 0 saturated heterocycles. The van der Waals surface area contributed by atoms with Crippen molar-refractivity contribution < 1.29 is 31.1 Å². The zero-order chi connectivity index (χ0) is 24.8. The minimum Gasteiger partial charge on any atom is -0.482 e. The van der Waals surface area contributed by atoms with Gasteiger partial charge in [-0.05, 0) is 48.4 Å². The lowest BCUT2D eigenvalue weighted by Gasteiger charge is -2.13. The molecule has 0 aliphatic rings. The number of halogens is 4. The first-order valence-electron chi connectivity index (χ1n) is 9.98. The summed E-state index contributed by atoms with van der Waals surface area (Å²) in [5, 5.41) is 2.63. The summed E-state index contributed by atoms with van der Waals surface area (Å²) in [5.74, 6) is -0.298. The van der Waals surface area contributed by atoms with E-state index < -0.39 is 21.8 Å². The van der Waals surface area contributed by atoms with Crippen LogP contribution in [0.1, 0.15) is 11.1 Å². The zero-order valence-electron chi connectivity index (χ0n) is 17.6. The first-order valence-corrected chi connectivity index (χ1v) is 11.8. The summed E-state index contributed by atoms with van der Waals surface area (Å²) in [6, 6.07) is 16.9. The number of benzene rings is 3. The number of hydrogen-bond acceptors (Lipinski definition) is 4. The number of nitrogens with one attached hydrogen (secondary N) is 2. The summed E-state index contributed by atoms with van der Waals surface area (Å²) < 4.78 is 71.2. The Balaban J connectivity index is 1.58. The van der Waals surface area contributed by atoms with Gasteiger partial charge in [0.15, 0.2) is 6.61 Å². The van der Waals surface area contributed by atoms with Crippen molar-refractivity contribution in [1.29, 1.82) is 0 Å². The van der Waals surface area contributed by atoms with Crippen LogP contribution in [0.5, 0.6) is 5.75 Å². The Morgan fingerprint density at radius 1 is 0.971 bits per heavy atom. The van der Waals surface area contributed by atoms with E-state index in [2.05, 4.69) is 10.0 Å². The van der Waals surface area contributed by atoms with Crippen LogP contribution in [0.4, 0.5) is 18.9 Å². The number of ether oxygens (including phenoxy) is 1. The molecule has 0 atom stereocenters. The van der Waals surface area contributed by atoms with E-state index in [-0.39, 0.29) is 33.9 Å². The van der Waals surface area contributed by atoms with Crippen LogP contribution < -0.4 is 14.8 Å². The molecule has 0 aliphatic heterocycles. The average molecular weight is 513 g/mol. The van der Waals surface area contributed by atoms with Crippen molar-refractivity contribution in [3.8, 4) is 5.75 Å². The van der Waals surface area contributed by atoms with Crippen molar-refractivity contribution in [2.45, 2.75) is 17.5 Å². The Labute approximate surface area is 199 Å². The molecule has 0 spiro atoms. The van der Waals surface area contributed by atoms with Gasteiger partial charge in [0.1, 0.15) is 5.75 Å². The van der Waals surface area contributed by atoms with E-state index in [1.165, 1.54) is 18.2 Å². The molecule has 1 amide bonds. The molecular formula is C23H20ClF3N2O4S. The van der Waals surface area contributed by atoms with Crippen molar-refractivity contribution in [3.63, 3.8) is 0 Å². The molecule has 0 saturated carbocycles. The Morgan fingerprint density at radius 2 is 1.71 bits per heavy atom. The van der Waals surface area contributed by atoms with Crippen molar-refractivity contribution in [2.75, 3.05) is 17.9 Å². The van der Waals surface area contributed by atoms with E-state index >= 15 is 0 Å². The number of hydrogen-bond donors (Lipinski definition) is 2. The predicted molar refractivity (Wildman–Crippen MR) is 122 cm³/mol. The van der Waals surface area contributed by atoms with Gasteiger partial charge in [-0.2, -0.15) is 13.2 Å². The Bertz CT molecular complexity index is 1250. The third kappa shape index (κ3) is 7.13. The van der Waals surface area contributed by atoms with E-state index in [0.29, 0.717) is 19.0 Å². The van der Waals surface area contributed by atoms with Crippen LogP contribution in [0.25, 0.3) is 0 Å². The third-order valence-electron chi connectivity index (χ3n) is 4.59. The van der Waals surface area contributed by atoms with E-state index in [9.17, 15) is 26.4 Å². The molecule has 0 unspecified atom stereocenters. The molecule has 180 valence electrons. The van der Waals surface area contributed by atoms with Crippen molar-refractivity contribution in [1.82, 2.24) is 5.32 Å². The van der Waals surface area contributed by atoms with Gasteiger partial charge < -0.3 is 10.1 Å². The standard InChI is InChI=1S/C23H20ClF3N2O4S/c24-20-14-19(34(31,32)29-18-8-4-7-17(13-18)23(25,26)27)9-10-21(20)33-15-22(30)28-12-11-16-5-2-1-3-6-16/h1-10,13-14,29H,11-12,15H2,(H,28,30). The number of carbonyl (C=O) groups is 1. The third-order valence-corrected chi connectivity index (χ3v) is 6.27. The van der Waals surface area contributed by atoms with Crippen LogP contribution in [-0.4, -0.2) is 27.5 Å². The SMILES string of the molecule is O=C(COc1ccc(S(=O)(=O)Nc2cccc(C(F)(F)F)c2)cc1Cl)NCCc1ccccc1. The predicted octanol–water partition coefficient (Wildman–Crippen LogP) is 4.90. The highest BCUT2D eigenvalue weighted by Gasteiger charge is 2.30. The number of alkyl halides is 3. The van der Waals surface area contributed by atoms with Crippen LogP contribution >= 0.6 is 11.6 Å². The Morgan fingerprint density at radius 3 is 2.38 bits per heavy atom. The molecule has 3 rings (SSSR count). The number of amides is 1. The molecule has 11 heteroatoms. The fraction of sp³-hybridized carbons (Fsp3) is 0.174. The van der Waals surface area contributed by atoms with Crippen molar-refractivity contribution in [2.24, 2.45) is 0 Å². The average Bonchev–Trinajstić information content (AvgIpc) is 2.78. The lowest BCUT2D eigenvalue weighted by Crippen LogP contribution is -2.30. The fourth-order valence-electron chi connectivity index (χ4n) is 2.92. The molecule has 0 aliphatic carbocycles. The molecule has 34 heavy (non-hydrogen) atoms. The first-order chi connectivity index (χ1) is 16.0. The quantitative estimate of drug-likeness (QED) is 0.427. The lowest BCUT2D eigenvalue weighted by molar-refractivity contribution is -0.137. The van der Waals surface area contributed by atoms with Gasteiger partial charge >= 0.3 is 6.18 Å². The van der Waals surface area contributed by atoms with E-state index in [0.717, 1.165) is 23.8 Å². The minimum absolute atomic E-state index is 0.0796. The maximum atomic E-state index is 12.9. The fourth-order valence-corrected chi connectivity index (χ4v) is 4.30.